The van der Waals surface area contributed by atoms with Crippen LogP contribution in [0.3, 0.4) is 0 Å². The average Bonchev–Trinajstić information content (AvgIpc) is 2.95. The molecule has 2 N–H and O–H groups in total. The summed E-state index contributed by atoms with van der Waals surface area (Å²) in [6.45, 7) is 1.39. The van der Waals surface area contributed by atoms with Crippen molar-refractivity contribution in [3.05, 3.63) is 69.9 Å². The first kappa shape index (κ1) is 13.3. The molecule has 2 heterocycles. The molecule has 0 fully saturated rings. The molecule has 0 amide bonds. The second-order valence-corrected chi connectivity index (χ2v) is 5.79. The molecule has 0 bridgehead atoms. The molecule has 2 aliphatic heterocycles. The van der Waals surface area contributed by atoms with E-state index in [0.29, 0.717) is 12.5 Å². The molecule has 104 valence electrons. The van der Waals surface area contributed by atoms with Crippen molar-refractivity contribution in [1.29, 1.82) is 0 Å². The number of allylic oxidation sites excluding steroid dienone is 2. The number of hydrogen-bond acceptors (Lipinski definition) is 5. The highest BCUT2D eigenvalue weighted by Gasteiger charge is 2.18. The molecular weight excluding hydrogens is 367 g/mol. The van der Waals surface area contributed by atoms with Gasteiger partial charge < -0.3 is 4.74 Å². The Hall–Kier alpha value is -1.67. The second-order valence-electron chi connectivity index (χ2n) is 4.40. The molecule has 0 saturated heterocycles. The van der Waals surface area contributed by atoms with Gasteiger partial charge in [-0.05, 0) is 40.3 Å². The topological polar surface area (TPSA) is 39.8 Å². The third kappa shape index (κ3) is 3.26. The van der Waals surface area contributed by atoms with Gasteiger partial charge in [0.05, 0.1) is 6.54 Å². The van der Waals surface area contributed by atoms with Crippen LogP contribution < -0.4 is 11.0 Å². The molecule has 2 aliphatic rings. The number of benzene rings is 1. The molecule has 0 saturated carbocycles. The lowest BCUT2D eigenvalue weighted by Crippen LogP contribution is -2.46. The molecule has 20 heavy (non-hydrogen) atoms. The molecule has 5 nitrogen and oxygen atoms in total. The van der Waals surface area contributed by atoms with Crippen molar-refractivity contribution in [2.45, 2.75) is 6.61 Å². The molecule has 0 spiro atoms. The molecule has 6 heteroatoms. The molecule has 0 aromatic heterocycles. The summed E-state index contributed by atoms with van der Waals surface area (Å²) in [7, 11) is 0. The average molecular weight is 382 g/mol. The minimum atomic E-state index is 0.544. The Morgan fingerprint density at radius 1 is 1.25 bits per heavy atom. The number of hydrazine groups is 3. The predicted octanol–water partition coefficient (Wildman–Crippen LogP) is 2.39. The van der Waals surface area contributed by atoms with Gasteiger partial charge in [0.15, 0.2) is 0 Å². The van der Waals surface area contributed by atoms with Crippen molar-refractivity contribution >= 4 is 22.6 Å². The van der Waals surface area contributed by atoms with E-state index < -0.39 is 0 Å². The van der Waals surface area contributed by atoms with Crippen LogP contribution in [0.15, 0.2) is 64.3 Å². The molecule has 1 aromatic carbocycles. The fraction of sp³-hybridized carbons (Fsp3) is 0.143. The first-order valence-electron chi connectivity index (χ1n) is 6.30. The third-order valence-electron chi connectivity index (χ3n) is 2.90. The van der Waals surface area contributed by atoms with Crippen molar-refractivity contribution in [3.63, 3.8) is 0 Å². The summed E-state index contributed by atoms with van der Waals surface area (Å²) in [6.07, 6.45) is 8.01. The van der Waals surface area contributed by atoms with E-state index in [1.54, 1.807) is 0 Å². The van der Waals surface area contributed by atoms with Crippen molar-refractivity contribution in [3.8, 4) is 0 Å². The second kappa shape index (κ2) is 6.19. The van der Waals surface area contributed by atoms with Gasteiger partial charge in [-0.2, -0.15) is 0 Å². The Bertz CT molecular complexity index is 556. The van der Waals surface area contributed by atoms with Crippen LogP contribution in [-0.2, 0) is 11.3 Å². The van der Waals surface area contributed by atoms with Gasteiger partial charge in [0, 0.05) is 9.78 Å². The number of hydrogen-bond donors (Lipinski definition) is 2. The molecule has 1 aromatic rings. The fourth-order valence-corrected chi connectivity index (χ4v) is 2.45. The number of ether oxygens (including phenoxy) is 1. The Morgan fingerprint density at radius 3 is 2.90 bits per heavy atom. The van der Waals surface area contributed by atoms with E-state index >= 15 is 0 Å². The monoisotopic (exact) mass is 382 g/mol. The lowest BCUT2D eigenvalue weighted by atomic mass is 10.2. The highest BCUT2D eigenvalue weighted by Crippen LogP contribution is 2.17. The van der Waals surface area contributed by atoms with Crippen molar-refractivity contribution in [1.82, 2.24) is 21.1 Å². The standard InChI is InChI=1S/C14H15IN4O/c15-13-7-4-8-18(9-13)19-10-14(16-17-19)20-11-12-5-2-1-3-6-12/h1-8,10,16-17H,9,11H2. The largest absolute Gasteiger partial charge is 0.472 e. The van der Waals surface area contributed by atoms with E-state index in [-0.39, 0.29) is 0 Å². The van der Waals surface area contributed by atoms with E-state index in [4.69, 9.17) is 4.74 Å². The van der Waals surface area contributed by atoms with Gasteiger partial charge in [-0.1, -0.05) is 30.3 Å². The summed E-state index contributed by atoms with van der Waals surface area (Å²) in [5, 5.41) is 3.91. The van der Waals surface area contributed by atoms with Crippen LogP contribution in [-0.4, -0.2) is 16.7 Å². The Balaban J connectivity index is 1.56. The lowest BCUT2D eigenvalue weighted by molar-refractivity contribution is 0.0322. The van der Waals surface area contributed by atoms with Crippen LogP contribution in [0, 0.1) is 0 Å². The van der Waals surface area contributed by atoms with Gasteiger partial charge in [-0.15, -0.1) is 5.53 Å². The fourth-order valence-electron chi connectivity index (χ4n) is 1.89. The van der Waals surface area contributed by atoms with Gasteiger partial charge in [-0.3, -0.25) is 10.4 Å². The summed E-state index contributed by atoms with van der Waals surface area (Å²) >= 11 is 2.33. The zero-order valence-corrected chi connectivity index (χ0v) is 12.9. The summed E-state index contributed by atoms with van der Waals surface area (Å²) < 4.78 is 6.99. The minimum absolute atomic E-state index is 0.544. The van der Waals surface area contributed by atoms with Crippen molar-refractivity contribution in [2.75, 3.05) is 6.54 Å². The van der Waals surface area contributed by atoms with E-state index in [0.717, 1.165) is 12.1 Å². The Labute approximate surface area is 131 Å². The Morgan fingerprint density at radius 2 is 2.10 bits per heavy atom. The summed E-state index contributed by atoms with van der Waals surface area (Å²) in [6, 6.07) is 10.1. The summed E-state index contributed by atoms with van der Waals surface area (Å²) in [5.41, 5.74) is 7.19. The van der Waals surface area contributed by atoms with Crippen LogP contribution in [0.5, 0.6) is 0 Å². The van der Waals surface area contributed by atoms with Crippen LogP contribution in [0.25, 0.3) is 0 Å². The maximum absolute atomic E-state index is 5.72. The summed E-state index contributed by atoms with van der Waals surface area (Å²) in [4.78, 5) is 0. The predicted molar refractivity (Wildman–Crippen MR) is 85.4 cm³/mol. The van der Waals surface area contributed by atoms with Crippen molar-refractivity contribution < 1.29 is 4.74 Å². The summed E-state index contributed by atoms with van der Waals surface area (Å²) in [5.74, 6) is 0.701. The molecule has 3 rings (SSSR count). The van der Waals surface area contributed by atoms with E-state index in [1.165, 1.54) is 3.58 Å². The lowest BCUT2D eigenvalue weighted by Gasteiger charge is -2.30. The number of halogens is 1. The quantitative estimate of drug-likeness (QED) is 0.783. The zero-order chi connectivity index (χ0) is 13.8. The van der Waals surface area contributed by atoms with Crippen LogP contribution in [0.2, 0.25) is 0 Å². The maximum Gasteiger partial charge on any atom is 0.223 e. The molecular formula is C14H15IN4O. The highest BCUT2D eigenvalue weighted by molar-refractivity contribution is 14.1. The van der Waals surface area contributed by atoms with E-state index in [9.17, 15) is 0 Å². The van der Waals surface area contributed by atoms with Gasteiger partial charge in [0.25, 0.3) is 0 Å². The highest BCUT2D eigenvalue weighted by atomic mass is 127. The maximum atomic E-state index is 5.72. The van der Waals surface area contributed by atoms with E-state index in [1.807, 2.05) is 58.9 Å². The van der Waals surface area contributed by atoms with Gasteiger partial charge in [-0.25, -0.2) is 5.12 Å². The van der Waals surface area contributed by atoms with Crippen LogP contribution >= 0.6 is 22.6 Å². The number of rotatable bonds is 4. The Kier molecular flexibility index (Phi) is 4.12. The van der Waals surface area contributed by atoms with E-state index in [2.05, 4.69) is 39.6 Å². The van der Waals surface area contributed by atoms with Crippen molar-refractivity contribution in [2.24, 2.45) is 0 Å². The smallest absolute Gasteiger partial charge is 0.223 e. The number of nitrogens with zero attached hydrogens (tertiary/aromatic N) is 2. The van der Waals surface area contributed by atoms with Crippen LogP contribution in [0.1, 0.15) is 5.56 Å². The SMILES string of the molecule is IC1=CC=CN(N2C=C(OCc3ccccc3)NN2)C1. The molecule has 0 aliphatic carbocycles. The number of nitrogens with one attached hydrogen (secondary N) is 2. The van der Waals surface area contributed by atoms with Gasteiger partial charge in [0.2, 0.25) is 5.88 Å². The first-order valence-corrected chi connectivity index (χ1v) is 7.38. The molecule has 0 radical (unpaired) electrons. The minimum Gasteiger partial charge on any atom is -0.472 e. The van der Waals surface area contributed by atoms with Crippen LogP contribution in [0.4, 0.5) is 0 Å². The first-order chi connectivity index (χ1) is 9.81. The van der Waals surface area contributed by atoms with Gasteiger partial charge >= 0.3 is 0 Å². The van der Waals surface area contributed by atoms with Gasteiger partial charge in [0.1, 0.15) is 12.8 Å². The molecule has 0 atom stereocenters. The zero-order valence-electron chi connectivity index (χ0n) is 10.8. The normalized spacial score (nSPS) is 17.6. The molecule has 0 unspecified atom stereocenters. The third-order valence-corrected chi connectivity index (χ3v) is 3.60.